The van der Waals surface area contributed by atoms with Crippen LogP contribution < -0.4 is 0 Å². The monoisotopic (exact) mass is 238 g/mol. The molecule has 0 radical (unpaired) electrons. The minimum atomic E-state index is -0.388. The molecule has 2 heterocycles. The van der Waals surface area contributed by atoms with Crippen LogP contribution in [-0.4, -0.2) is 31.6 Å². The van der Waals surface area contributed by atoms with Crippen LogP contribution >= 0.6 is 0 Å². The Labute approximate surface area is 99.0 Å². The van der Waals surface area contributed by atoms with Crippen LogP contribution in [0.25, 0.3) is 0 Å². The van der Waals surface area contributed by atoms with Crippen molar-refractivity contribution in [1.82, 2.24) is 0 Å². The molecule has 0 amide bonds. The summed E-state index contributed by atoms with van der Waals surface area (Å²) in [7, 11) is 0. The third-order valence-corrected chi connectivity index (χ3v) is 2.81. The number of allylic oxidation sites excluding steroid dienone is 2. The number of hydrogen-bond acceptors (Lipinski definition) is 5. The molecule has 2 atom stereocenters. The summed E-state index contributed by atoms with van der Waals surface area (Å²) in [5.74, 6) is 0.153. The molecule has 0 saturated carbocycles. The van der Waals surface area contributed by atoms with E-state index in [1.165, 1.54) is 0 Å². The van der Waals surface area contributed by atoms with E-state index in [2.05, 4.69) is 0 Å². The van der Waals surface area contributed by atoms with Gasteiger partial charge in [-0.3, -0.25) is 4.79 Å². The summed E-state index contributed by atoms with van der Waals surface area (Å²) in [5, 5.41) is 0. The largest absolute Gasteiger partial charge is 0.490 e. The van der Waals surface area contributed by atoms with E-state index in [1.54, 1.807) is 19.9 Å². The van der Waals surface area contributed by atoms with Gasteiger partial charge in [0.1, 0.15) is 18.5 Å². The second-order valence-electron chi connectivity index (χ2n) is 3.87. The van der Waals surface area contributed by atoms with Gasteiger partial charge in [-0.25, -0.2) is 4.79 Å². The predicted molar refractivity (Wildman–Crippen MR) is 57.8 cm³/mol. The Morgan fingerprint density at radius 3 is 3.06 bits per heavy atom. The molecule has 17 heavy (non-hydrogen) atoms. The highest BCUT2D eigenvalue weighted by Crippen LogP contribution is 2.36. The number of ether oxygens (including phenoxy) is 3. The number of rotatable bonds is 3. The molecule has 0 unspecified atom stereocenters. The second kappa shape index (κ2) is 4.61. The Morgan fingerprint density at radius 2 is 2.41 bits per heavy atom. The Morgan fingerprint density at radius 1 is 1.65 bits per heavy atom. The van der Waals surface area contributed by atoms with Gasteiger partial charge in [-0.05, 0) is 19.9 Å². The SMILES string of the molecule is CCOC(=O)C1=C(C)O[C@H]2COC(C=O)=C[C@@H]12. The first-order chi connectivity index (χ1) is 8.17. The van der Waals surface area contributed by atoms with Crippen LogP contribution in [0.5, 0.6) is 0 Å². The molecule has 0 fully saturated rings. The summed E-state index contributed by atoms with van der Waals surface area (Å²) >= 11 is 0. The lowest BCUT2D eigenvalue weighted by molar-refractivity contribution is -0.139. The molecule has 2 rings (SSSR count). The van der Waals surface area contributed by atoms with Crippen LogP contribution in [0, 0.1) is 5.92 Å². The molecule has 0 saturated heterocycles. The van der Waals surface area contributed by atoms with Crippen molar-refractivity contribution in [2.24, 2.45) is 5.92 Å². The Bertz CT molecular complexity index is 407. The smallest absolute Gasteiger partial charge is 0.338 e. The van der Waals surface area contributed by atoms with Crippen LogP contribution in [0.4, 0.5) is 0 Å². The van der Waals surface area contributed by atoms with E-state index in [0.29, 0.717) is 24.2 Å². The van der Waals surface area contributed by atoms with E-state index in [-0.39, 0.29) is 30.4 Å². The minimum absolute atomic E-state index is 0.238. The Hall–Kier alpha value is -1.78. The van der Waals surface area contributed by atoms with Crippen LogP contribution in [0.2, 0.25) is 0 Å². The maximum atomic E-state index is 11.8. The maximum Gasteiger partial charge on any atom is 0.338 e. The molecule has 2 aliphatic heterocycles. The van der Waals surface area contributed by atoms with Crippen LogP contribution in [-0.2, 0) is 23.8 Å². The van der Waals surface area contributed by atoms with Crippen LogP contribution in [0.15, 0.2) is 23.2 Å². The van der Waals surface area contributed by atoms with Gasteiger partial charge in [-0.2, -0.15) is 0 Å². The number of carbonyl (C=O) groups is 2. The fourth-order valence-corrected chi connectivity index (χ4v) is 2.08. The molecular weight excluding hydrogens is 224 g/mol. The molecule has 0 bridgehead atoms. The molecule has 0 aromatic heterocycles. The minimum Gasteiger partial charge on any atom is -0.490 e. The van der Waals surface area contributed by atoms with Crippen molar-refractivity contribution in [3.05, 3.63) is 23.2 Å². The fourth-order valence-electron chi connectivity index (χ4n) is 2.08. The Kier molecular flexibility index (Phi) is 3.17. The van der Waals surface area contributed by atoms with Gasteiger partial charge in [-0.1, -0.05) is 0 Å². The highest BCUT2D eigenvalue weighted by atomic mass is 16.6. The van der Waals surface area contributed by atoms with Crippen LogP contribution in [0.1, 0.15) is 13.8 Å². The van der Waals surface area contributed by atoms with E-state index >= 15 is 0 Å². The molecule has 0 spiro atoms. The van der Waals surface area contributed by atoms with Crippen LogP contribution in [0.3, 0.4) is 0 Å². The zero-order valence-electron chi connectivity index (χ0n) is 9.76. The summed E-state index contributed by atoms with van der Waals surface area (Å²) in [6.07, 6.45) is 2.01. The molecule has 0 aromatic rings. The van der Waals surface area contributed by atoms with Crippen molar-refractivity contribution in [3.8, 4) is 0 Å². The van der Waals surface area contributed by atoms with Gasteiger partial charge in [0, 0.05) is 0 Å². The normalized spacial score (nSPS) is 26.6. The van der Waals surface area contributed by atoms with E-state index in [4.69, 9.17) is 14.2 Å². The van der Waals surface area contributed by atoms with Crippen molar-refractivity contribution in [1.29, 1.82) is 0 Å². The topological polar surface area (TPSA) is 61.8 Å². The lowest BCUT2D eigenvalue weighted by atomic mass is 9.93. The van der Waals surface area contributed by atoms with Gasteiger partial charge in [-0.15, -0.1) is 0 Å². The van der Waals surface area contributed by atoms with Gasteiger partial charge in [0.25, 0.3) is 0 Å². The van der Waals surface area contributed by atoms with Gasteiger partial charge in [0.2, 0.25) is 0 Å². The lowest BCUT2D eigenvalue weighted by Gasteiger charge is -2.23. The average Bonchev–Trinajstić information content (AvgIpc) is 2.64. The number of hydrogen-bond donors (Lipinski definition) is 0. The lowest BCUT2D eigenvalue weighted by Crippen LogP contribution is -2.29. The molecule has 92 valence electrons. The highest BCUT2D eigenvalue weighted by Gasteiger charge is 2.41. The third kappa shape index (κ3) is 2.05. The number of fused-ring (bicyclic) bond motifs is 1. The zero-order valence-corrected chi connectivity index (χ0v) is 9.76. The third-order valence-electron chi connectivity index (χ3n) is 2.81. The summed E-state index contributed by atoms with van der Waals surface area (Å²) in [6.45, 7) is 4.06. The van der Waals surface area contributed by atoms with Crippen molar-refractivity contribution in [2.75, 3.05) is 13.2 Å². The van der Waals surface area contributed by atoms with Crippen molar-refractivity contribution < 1.29 is 23.8 Å². The number of aldehydes is 1. The molecule has 0 aliphatic carbocycles. The molecule has 5 heteroatoms. The summed E-state index contributed by atoms with van der Waals surface area (Å²) < 4.78 is 15.7. The van der Waals surface area contributed by atoms with E-state index < -0.39 is 0 Å². The first kappa shape index (κ1) is 11.7. The van der Waals surface area contributed by atoms with Gasteiger partial charge in [0.15, 0.2) is 12.0 Å². The first-order valence-electron chi connectivity index (χ1n) is 5.51. The standard InChI is InChI=1S/C12H14O5/c1-3-15-12(14)11-7(2)17-10-6-16-8(5-13)4-9(10)11/h4-5,9-10H,3,6H2,1-2H3/t9-,10+/m1/s1. The summed E-state index contributed by atoms with van der Waals surface area (Å²) in [5.41, 5.74) is 0.486. The Balaban J connectivity index is 2.27. The summed E-state index contributed by atoms with van der Waals surface area (Å²) in [4.78, 5) is 22.5. The molecule has 0 aromatic carbocycles. The highest BCUT2D eigenvalue weighted by molar-refractivity contribution is 5.91. The predicted octanol–water partition coefficient (Wildman–Crippen LogP) is 0.952. The number of carbonyl (C=O) groups excluding carboxylic acids is 2. The summed E-state index contributed by atoms with van der Waals surface area (Å²) in [6, 6.07) is 0. The van der Waals surface area contributed by atoms with E-state index in [1.807, 2.05) is 0 Å². The van der Waals surface area contributed by atoms with Gasteiger partial charge < -0.3 is 14.2 Å². The quantitative estimate of drug-likeness (QED) is 0.541. The van der Waals surface area contributed by atoms with Gasteiger partial charge >= 0.3 is 5.97 Å². The van der Waals surface area contributed by atoms with Crippen molar-refractivity contribution in [2.45, 2.75) is 20.0 Å². The molecular formula is C12H14O5. The molecule has 2 aliphatic rings. The van der Waals surface area contributed by atoms with E-state index in [0.717, 1.165) is 0 Å². The molecule has 5 nitrogen and oxygen atoms in total. The first-order valence-corrected chi connectivity index (χ1v) is 5.51. The fraction of sp³-hybridized carbons (Fsp3) is 0.500. The zero-order chi connectivity index (χ0) is 12.4. The van der Waals surface area contributed by atoms with Crippen molar-refractivity contribution in [3.63, 3.8) is 0 Å². The second-order valence-corrected chi connectivity index (χ2v) is 3.87. The number of esters is 1. The maximum absolute atomic E-state index is 11.8. The van der Waals surface area contributed by atoms with E-state index in [9.17, 15) is 9.59 Å². The van der Waals surface area contributed by atoms with Crippen molar-refractivity contribution >= 4 is 12.3 Å². The molecule has 0 N–H and O–H groups in total. The van der Waals surface area contributed by atoms with Gasteiger partial charge in [0.05, 0.1) is 18.1 Å². The average molecular weight is 238 g/mol.